The maximum atomic E-state index is 13.1. The first-order valence-corrected chi connectivity index (χ1v) is 6.67. The normalized spacial score (nSPS) is 16.9. The summed E-state index contributed by atoms with van der Waals surface area (Å²) in [5.74, 6) is -51.2. The van der Waals surface area contributed by atoms with Crippen LogP contribution in [0.15, 0.2) is 0 Å². The van der Waals surface area contributed by atoms with Gasteiger partial charge in [-0.05, 0) is 0 Å². The molecule has 22 heteroatoms. The van der Waals surface area contributed by atoms with E-state index in [1.165, 1.54) is 0 Å². The number of halogens is 17. The van der Waals surface area contributed by atoms with Crippen LogP contribution in [0.2, 0.25) is 0 Å². The van der Waals surface area contributed by atoms with Gasteiger partial charge in [-0.3, -0.25) is 0 Å². The van der Waals surface area contributed by atoms with Crippen molar-refractivity contribution in [1.82, 2.24) is 0 Å². The molecule has 1 unspecified atom stereocenters. The first-order valence-electron chi connectivity index (χ1n) is 5.67. The van der Waals surface area contributed by atoms with Crippen LogP contribution in [0.4, 0.5) is 74.6 Å². The maximum Gasteiger partial charge on any atom is 1.00 e. The molecule has 0 saturated heterocycles. The topological polar surface area (TPSA) is 49.4 Å². The predicted octanol–water partition coefficient (Wildman–Crippen LogP) is 1.77. The molecule has 0 heterocycles. The average Bonchev–Trinajstić information content (AvgIpc) is 2.43. The smallest absolute Gasteiger partial charge is 0.750 e. The molecule has 0 aliphatic rings. The summed E-state index contributed by atoms with van der Waals surface area (Å²) < 4.78 is 236. The van der Waals surface area contributed by atoms with E-state index in [2.05, 4.69) is 0 Å². The molecule has 0 amide bonds. The molecule has 0 bridgehead atoms. The van der Waals surface area contributed by atoms with E-state index in [4.69, 9.17) is 0 Å². The Morgan fingerprint density at radius 1 is 0.500 bits per heavy atom. The van der Waals surface area contributed by atoms with Crippen LogP contribution in [-0.2, 0) is 15.5 Å². The molecule has 0 aliphatic carbocycles. The Morgan fingerprint density at radius 3 is 0.967 bits per heavy atom. The molecular formula is C8F17LiO3S. The van der Waals surface area contributed by atoms with Gasteiger partial charge in [-0.25, -0.2) is 8.39 Å². The van der Waals surface area contributed by atoms with Gasteiger partial charge < -0.3 is 4.55 Å². The van der Waals surface area contributed by atoms with Crippen LogP contribution in [0, 0.1) is 0 Å². The molecule has 0 rings (SSSR count). The number of rotatable bonds is 8. The molecule has 0 aromatic heterocycles. The van der Waals surface area contributed by atoms with Crippen molar-refractivity contribution in [3.63, 3.8) is 0 Å². The largest absolute Gasteiger partial charge is 1.00 e. The molecule has 0 spiro atoms. The molecule has 0 saturated carbocycles. The zero-order chi connectivity index (χ0) is 24.3. The molecule has 0 N–H and O–H groups in total. The monoisotopic (exact) mass is 506 g/mol. The maximum absolute atomic E-state index is 13.1. The first kappa shape index (κ1) is 31.7. The van der Waals surface area contributed by atoms with Crippen LogP contribution in [-0.4, -0.2) is 56.6 Å². The molecule has 0 fully saturated rings. The average molecular weight is 506 g/mol. The Bertz CT molecular complexity index is 643. The van der Waals surface area contributed by atoms with E-state index in [0.717, 1.165) is 0 Å². The van der Waals surface area contributed by atoms with Crippen molar-refractivity contribution in [3.8, 4) is 0 Å². The van der Waals surface area contributed by atoms with Crippen molar-refractivity contribution in [3.05, 3.63) is 0 Å². The minimum Gasteiger partial charge on any atom is -0.750 e. The fraction of sp³-hybridized carbons (Fsp3) is 1.00. The van der Waals surface area contributed by atoms with Gasteiger partial charge in [-0.15, -0.1) is 0 Å². The van der Waals surface area contributed by atoms with Crippen molar-refractivity contribution in [1.29, 1.82) is 0 Å². The Hall–Kier alpha value is -0.523. The third-order valence-electron chi connectivity index (χ3n) is 2.87. The van der Waals surface area contributed by atoms with Gasteiger partial charge in [0, 0.05) is 0 Å². The molecule has 1 atom stereocenters. The molecule has 176 valence electrons. The molecular weight excluding hydrogens is 506 g/mol. The van der Waals surface area contributed by atoms with Crippen LogP contribution in [0.1, 0.15) is 0 Å². The molecule has 0 aliphatic heterocycles. The van der Waals surface area contributed by atoms with E-state index < -0.39 is 59.2 Å². The van der Waals surface area contributed by atoms with Crippen molar-refractivity contribution in [2.24, 2.45) is 0 Å². The summed E-state index contributed by atoms with van der Waals surface area (Å²) in [6, 6.07) is 0. The standard InChI is InChI=1S/C8HF17O3S.Li/c9-1(10,3(13,14)5(17,18)7(21,22)23)2(11,12)4(15,16)6(19,20)8(24,25)28-29(26)27;/h(H,26,27);/q;+1/p-1. The summed E-state index contributed by atoms with van der Waals surface area (Å²) in [6.45, 7) is 0. The van der Waals surface area contributed by atoms with Crippen LogP contribution < -0.4 is 18.9 Å². The zero-order valence-electron chi connectivity index (χ0n) is 13.1. The van der Waals surface area contributed by atoms with E-state index in [9.17, 15) is 83.4 Å². The van der Waals surface area contributed by atoms with E-state index in [1.807, 2.05) is 0 Å². The molecule has 30 heavy (non-hydrogen) atoms. The van der Waals surface area contributed by atoms with Crippen molar-refractivity contribution >= 4 is 11.4 Å². The van der Waals surface area contributed by atoms with Gasteiger partial charge in [0.25, 0.3) is 0 Å². The molecule has 3 nitrogen and oxygen atoms in total. The number of hydrogen-bond acceptors (Lipinski definition) is 3. The summed E-state index contributed by atoms with van der Waals surface area (Å²) in [5, 5.41) is 0. The van der Waals surface area contributed by atoms with Gasteiger partial charge in [-0.2, -0.15) is 74.6 Å². The second-order valence-electron chi connectivity index (χ2n) is 4.75. The molecule has 0 aromatic rings. The van der Waals surface area contributed by atoms with Crippen LogP contribution in [0.5, 0.6) is 0 Å². The number of alkyl halides is 17. The first-order chi connectivity index (χ1) is 12.2. The van der Waals surface area contributed by atoms with Crippen molar-refractivity contribution in [2.45, 2.75) is 47.8 Å². The third kappa shape index (κ3) is 4.23. The molecule has 0 aromatic carbocycles. The fourth-order valence-corrected chi connectivity index (χ4v) is 1.56. The Morgan fingerprint density at radius 2 is 0.733 bits per heavy atom. The van der Waals surface area contributed by atoms with Gasteiger partial charge in [0.05, 0.1) is 11.4 Å². The minimum atomic E-state index is -8.78. The summed E-state index contributed by atoms with van der Waals surface area (Å²) in [4.78, 5) is 0. The van der Waals surface area contributed by atoms with E-state index in [1.54, 1.807) is 4.18 Å². The summed E-state index contributed by atoms with van der Waals surface area (Å²) in [5.41, 5.74) is 0. The van der Waals surface area contributed by atoms with Gasteiger partial charge in [0.1, 0.15) is 0 Å². The predicted molar refractivity (Wildman–Crippen MR) is 50.7 cm³/mol. The second kappa shape index (κ2) is 8.11. The quantitative estimate of drug-likeness (QED) is 0.287. The number of hydrogen-bond donors (Lipinski definition) is 0. The van der Waals surface area contributed by atoms with Crippen LogP contribution in [0.25, 0.3) is 0 Å². The van der Waals surface area contributed by atoms with Crippen molar-refractivity contribution in [2.75, 3.05) is 0 Å². The van der Waals surface area contributed by atoms with Gasteiger partial charge in [0.15, 0.2) is 0 Å². The van der Waals surface area contributed by atoms with Crippen LogP contribution >= 0.6 is 0 Å². The van der Waals surface area contributed by atoms with E-state index >= 15 is 0 Å². The fourth-order valence-electron chi connectivity index (χ4n) is 1.29. The minimum absolute atomic E-state index is 0. The van der Waals surface area contributed by atoms with Gasteiger partial charge >= 0.3 is 66.7 Å². The van der Waals surface area contributed by atoms with Crippen molar-refractivity contribution < 1.29 is 106 Å². The Kier molecular flexibility index (Phi) is 8.56. The summed E-state index contributed by atoms with van der Waals surface area (Å²) in [7, 11) is 0. The van der Waals surface area contributed by atoms with Gasteiger partial charge in [-0.1, -0.05) is 0 Å². The molecule has 0 radical (unpaired) electrons. The van der Waals surface area contributed by atoms with E-state index in [0.29, 0.717) is 0 Å². The SMILES string of the molecule is O=S([O-])OC(F)(F)C(F)(F)C(F)(F)C(F)(F)C(F)(F)C(F)(F)C(F)(F)C(F)(F)F.[Li+]. The van der Waals surface area contributed by atoms with E-state index in [-0.39, 0.29) is 18.9 Å². The zero-order valence-corrected chi connectivity index (χ0v) is 13.9. The van der Waals surface area contributed by atoms with Crippen LogP contribution in [0.3, 0.4) is 0 Å². The third-order valence-corrected chi connectivity index (χ3v) is 3.21. The second-order valence-corrected chi connectivity index (χ2v) is 5.32. The Balaban J connectivity index is 0. The Labute approximate surface area is 166 Å². The summed E-state index contributed by atoms with van der Waals surface area (Å²) in [6.07, 6.45) is -15.2. The summed E-state index contributed by atoms with van der Waals surface area (Å²) >= 11 is -4.97. The van der Waals surface area contributed by atoms with Gasteiger partial charge in [0.2, 0.25) is 0 Å².